The fraction of sp³-hybridized carbons (Fsp3) is 0.500. The number of benzene rings is 1. The second kappa shape index (κ2) is 8.05. The lowest BCUT2D eigenvalue weighted by Crippen LogP contribution is -2.30. The molecule has 0 amide bonds. The van der Waals surface area contributed by atoms with Crippen molar-refractivity contribution >= 4 is 34.0 Å². The molecule has 0 saturated heterocycles. The molecule has 1 aliphatic heterocycles. The zero-order chi connectivity index (χ0) is 14.6. The standard InChI is InChI=1S/C12H17ClN2O4S.ClH/c1-20(16,17)15-3-2-14-8-9-6-10(13)12-11(7-9)18-4-5-19-12;/h6-7,14-15H,2-5,8H2,1H3;1H. The van der Waals surface area contributed by atoms with E-state index in [9.17, 15) is 8.42 Å². The molecule has 0 saturated carbocycles. The molecule has 0 bridgehead atoms. The van der Waals surface area contributed by atoms with Gasteiger partial charge in [-0.3, -0.25) is 0 Å². The van der Waals surface area contributed by atoms with E-state index in [-0.39, 0.29) is 12.4 Å². The van der Waals surface area contributed by atoms with E-state index in [1.54, 1.807) is 0 Å². The molecule has 0 radical (unpaired) electrons. The Labute approximate surface area is 135 Å². The van der Waals surface area contributed by atoms with Gasteiger partial charge >= 0.3 is 0 Å². The topological polar surface area (TPSA) is 76.7 Å². The SMILES string of the molecule is CS(=O)(=O)NCCNCc1cc(Cl)c2c(c1)OCCO2.Cl. The van der Waals surface area contributed by atoms with E-state index in [0.29, 0.717) is 49.4 Å². The molecule has 6 nitrogen and oxygen atoms in total. The number of sulfonamides is 1. The van der Waals surface area contributed by atoms with Crippen molar-refractivity contribution < 1.29 is 17.9 Å². The van der Waals surface area contributed by atoms with Crippen molar-refractivity contribution in [3.63, 3.8) is 0 Å². The maximum atomic E-state index is 10.9. The Kier molecular flexibility index (Phi) is 7.02. The molecular weight excluding hydrogens is 339 g/mol. The lowest BCUT2D eigenvalue weighted by molar-refractivity contribution is 0.171. The van der Waals surface area contributed by atoms with Crippen molar-refractivity contribution in [2.75, 3.05) is 32.6 Å². The van der Waals surface area contributed by atoms with Gasteiger partial charge in [0.2, 0.25) is 10.0 Å². The first-order valence-corrected chi connectivity index (χ1v) is 8.46. The summed E-state index contributed by atoms with van der Waals surface area (Å²) in [5, 5.41) is 3.65. The second-order valence-corrected chi connectivity index (χ2v) is 6.69. The highest BCUT2D eigenvalue weighted by atomic mass is 35.5. The summed E-state index contributed by atoms with van der Waals surface area (Å²) in [5.41, 5.74) is 0.957. The van der Waals surface area contributed by atoms with E-state index in [4.69, 9.17) is 21.1 Å². The molecule has 2 N–H and O–H groups in total. The Morgan fingerprint density at radius 1 is 1.24 bits per heavy atom. The molecule has 1 aromatic carbocycles. The van der Waals surface area contributed by atoms with Crippen LogP contribution in [-0.2, 0) is 16.6 Å². The van der Waals surface area contributed by atoms with Crippen LogP contribution in [0.5, 0.6) is 11.5 Å². The van der Waals surface area contributed by atoms with Crippen LogP contribution in [0.2, 0.25) is 5.02 Å². The number of fused-ring (bicyclic) bond motifs is 1. The molecule has 9 heteroatoms. The Morgan fingerprint density at radius 2 is 1.95 bits per heavy atom. The summed E-state index contributed by atoms with van der Waals surface area (Å²) in [6.07, 6.45) is 1.13. The first-order valence-electron chi connectivity index (χ1n) is 6.19. The first-order chi connectivity index (χ1) is 9.46. The van der Waals surface area contributed by atoms with Gasteiger partial charge in [-0.25, -0.2) is 13.1 Å². The monoisotopic (exact) mass is 356 g/mol. The van der Waals surface area contributed by atoms with Crippen LogP contribution in [0.25, 0.3) is 0 Å². The van der Waals surface area contributed by atoms with Crippen molar-refractivity contribution in [3.05, 3.63) is 22.7 Å². The van der Waals surface area contributed by atoms with Crippen molar-refractivity contribution in [1.29, 1.82) is 0 Å². The van der Waals surface area contributed by atoms with Gasteiger partial charge in [-0.15, -0.1) is 12.4 Å². The van der Waals surface area contributed by atoms with E-state index in [0.717, 1.165) is 11.8 Å². The van der Waals surface area contributed by atoms with Gasteiger partial charge in [-0.1, -0.05) is 11.6 Å². The van der Waals surface area contributed by atoms with Crippen molar-refractivity contribution in [2.45, 2.75) is 6.54 Å². The average molecular weight is 357 g/mol. The molecule has 1 aromatic rings. The van der Waals surface area contributed by atoms with Gasteiger partial charge in [0.05, 0.1) is 11.3 Å². The van der Waals surface area contributed by atoms with Gasteiger partial charge in [0.1, 0.15) is 13.2 Å². The van der Waals surface area contributed by atoms with Gasteiger partial charge in [0.15, 0.2) is 11.5 Å². The fourth-order valence-corrected chi connectivity index (χ4v) is 2.58. The summed E-state index contributed by atoms with van der Waals surface area (Å²) in [5.74, 6) is 1.23. The minimum Gasteiger partial charge on any atom is -0.486 e. The third-order valence-electron chi connectivity index (χ3n) is 2.65. The lowest BCUT2D eigenvalue weighted by Gasteiger charge is -2.20. The van der Waals surface area contributed by atoms with Crippen LogP contribution in [0.4, 0.5) is 0 Å². The summed E-state index contributed by atoms with van der Waals surface area (Å²) in [6.45, 7) is 2.46. The van der Waals surface area contributed by atoms with E-state index in [2.05, 4.69) is 10.0 Å². The predicted molar refractivity (Wildman–Crippen MR) is 84.2 cm³/mol. The summed E-state index contributed by atoms with van der Waals surface area (Å²) >= 11 is 6.12. The summed E-state index contributed by atoms with van der Waals surface area (Å²) in [4.78, 5) is 0. The smallest absolute Gasteiger partial charge is 0.208 e. The molecule has 2 rings (SSSR count). The first kappa shape index (κ1) is 18.3. The van der Waals surface area contributed by atoms with Gasteiger partial charge in [-0.2, -0.15) is 0 Å². The van der Waals surface area contributed by atoms with Crippen LogP contribution < -0.4 is 19.5 Å². The molecule has 0 unspecified atom stereocenters. The third kappa shape index (κ3) is 5.88. The van der Waals surface area contributed by atoms with Gasteiger partial charge in [0, 0.05) is 19.6 Å². The van der Waals surface area contributed by atoms with E-state index in [1.807, 2.05) is 12.1 Å². The van der Waals surface area contributed by atoms with Crippen LogP contribution >= 0.6 is 24.0 Å². The van der Waals surface area contributed by atoms with Crippen molar-refractivity contribution in [3.8, 4) is 11.5 Å². The molecule has 0 fully saturated rings. The van der Waals surface area contributed by atoms with Gasteiger partial charge in [0.25, 0.3) is 0 Å². The summed E-state index contributed by atoms with van der Waals surface area (Å²) < 4.78 is 35.1. The maximum Gasteiger partial charge on any atom is 0.208 e. The number of hydrogen-bond donors (Lipinski definition) is 2. The number of ether oxygens (including phenoxy) is 2. The van der Waals surface area contributed by atoms with E-state index in [1.165, 1.54) is 0 Å². The highest BCUT2D eigenvalue weighted by molar-refractivity contribution is 7.88. The van der Waals surface area contributed by atoms with E-state index >= 15 is 0 Å². The lowest BCUT2D eigenvalue weighted by atomic mass is 10.2. The second-order valence-electron chi connectivity index (χ2n) is 4.45. The predicted octanol–water partition coefficient (Wildman–Crippen LogP) is 1.17. The Bertz CT molecular complexity index is 581. The molecule has 0 aliphatic carbocycles. The summed E-state index contributed by atoms with van der Waals surface area (Å²) in [7, 11) is -3.14. The molecule has 120 valence electrons. The molecule has 1 aliphatic rings. The highest BCUT2D eigenvalue weighted by Crippen LogP contribution is 2.38. The Hall–Kier alpha value is -0.730. The number of hydrogen-bond acceptors (Lipinski definition) is 5. The fourth-order valence-electron chi connectivity index (χ4n) is 1.82. The molecule has 0 aromatic heterocycles. The molecular formula is C12H18Cl2N2O4S. The normalized spacial score (nSPS) is 13.6. The largest absolute Gasteiger partial charge is 0.486 e. The molecule has 0 atom stereocenters. The van der Waals surface area contributed by atoms with Crippen LogP contribution in [-0.4, -0.2) is 41.0 Å². The van der Waals surface area contributed by atoms with Crippen molar-refractivity contribution in [2.24, 2.45) is 0 Å². The van der Waals surface area contributed by atoms with Crippen LogP contribution in [0, 0.1) is 0 Å². The molecule has 21 heavy (non-hydrogen) atoms. The van der Waals surface area contributed by atoms with E-state index < -0.39 is 10.0 Å². The minimum absolute atomic E-state index is 0. The molecule has 1 heterocycles. The summed E-state index contributed by atoms with van der Waals surface area (Å²) in [6, 6.07) is 3.68. The third-order valence-corrected chi connectivity index (χ3v) is 3.66. The van der Waals surface area contributed by atoms with Crippen LogP contribution in [0.15, 0.2) is 12.1 Å². The van der Waals surface area contributed by atoms with Crippen LogP contribution in [0.1, 0.15) is 5.56 Å². The van der Waals surface area contributed by atoms with Crippen molar-refractivity contribution in [1.82, 2.24) is 10.0 Å². The minimum atomic E-state index is -3.14. The van der Waals surface area contributed by atoms with Gasteiger partial charge in [-0.05, 0) is 17.7 Å². The zero-order valence-electron chi connectivity index (χ0n) is 11.5. The average Bonchev–Trinajstić information content (AvgIpc) is 2.37. The number of rotatable bonds is 6. The number of nitrogens with one attached hydrogen (secondary N) is 2. The quantitative estimate of drug-likeness (QED) is 0.748. The molecule has 0 spiro atoms. The number of halogens is 2. The highest BCUT2D eigenvalue weighted by Gasteiger charge is 2.16. The zero-order valence-corrected chi connectivity index (χ0v) is 13.9. The Balaban J connectivity index is 0.00000220. The van der Waals surface area contributed by atoms with Crippen LogP contribution in [0.3, 0.4) is 0 Å². The van der Waals surface area contributed by atoms with Gasteiger partial charge < -0.3 is 14.8 Å². The maximum absolute atomic E-state index is 10.9. The Morgan fingerprint density at radius 3 is 2.67 bits per heavy atom.